The third-order valence-electron chi connectivity index (χ3n) is 3.47. The van der Waals surface area contributed by atoms with Crippen molar-refractivity contribution in [1.82, 2.24) is 10.9 Å². The first-order valence-corrected chi connectivity index (χ1v) is 6.78. The van der Waals surface area contributed by atoms with Crippen LogP contribution in [0.25, 0.3) is 6.08 Å². The molecule has 1 aromatic rings. The van der Waals surface area contributed by atoms with Gasteiger partial charge in [-0.2, -0.15) is 0 Å². The number of benzene rings is 1. The van der Waals surface area contributed by atoms with Gasteiger partial charge in [-0.1, -0.05) is 12.1 Å². The fraction of sp³-hybridized carbons (Fsp3) is 0.400. The Labute approximate surface area is 114 Å². The van der Waals surface area contributed by atoms with Crippen molar-refractivity contribution >= 4 is 17.7 Å². The molecule has 1 unspecified atom stereocenters. The van der Waals surface area contributed by atoms with Gasteiger partial charge in [-0.05, 0) is 44.5 Å². The van der Waals surface area contributed by atoms with Gasteiger partial charge in [0.1, 0.15) is 0 Å². The zero-order chi connectivity index (χ0) is 13.8. The lowest BCUT2D eigenvalue weighted by Crippen LogP contribution is -2.29. The van der Waals surface area contributed by atoms with Gasteiger partial charge >= 0.3 is 0 Å². The lowest BCUT2D eigenvalue weighted by molar-refractivity contribution is -0.116. The van der Waals surface area contributed by atoms with Crippen molar-refractivity contribution in [2.75, 3.05) is 18.0 Å². The Morgan fingerprint density at radius 3 is 2.32 bits per heavy atom. The SMILES string of the molecule is CCN(CC)c1ccc(C=C2C(=O)NNC2C)cc1. The summed E-state index contributed by atoms with van der Waals surface area (Å²) in [6.07, 6.45) is 1.94. The van der Waals surface area contributed by atoms with Crippen molar-refractivity contribution in [3.05, 3.63) is 35.4 Å². The lowest BCUT2D eigenvalue weighted by Gasteiger charge is -2.20. The van der Waals surface area contributed by atoms with E-state index >= 15 is 0 Å². The number of hydrogen-bond donors (Lipinski definition) is 2. The molecule has 0 aromatic heterocycles. The first-order chi connectivity index (χ1) is 9.15. The number of carbonyl (C=O) groups is 1. The van der Waals surface area contributed by atoms with Gasteiger partial charge in [-0.15, -0.1) is 0 Å². The molecular formula is C15H21N3O. The highest BCUT2D eigenvalue weighted by atomic mass is 16.2. The topological polar surface area (TPSA) is 44.4 Å². The Bertz CT molecular complexity index is 475. The Balaban J connectivity index is 2.19. The van der Waals surface area contributed by atoms with E-state index in [9.17, 15) is 4.79 Å². The standard InChI is InChI=1S/C15H21N3O/c1-4-18(5-2)13-8-6-12(7-9-13)10-14-11(3)16-17-15(14)19/h6-11,16H,4-5H2,1-3H3,(H,17,19). The number of nitrogens with one attached hydrogen (secondary N) is 2. The van der Waals surface area contributed by atoms with E-state index in [-0.39, 0.29) is 11.9 Å². The van der Waals surface area contributed by atoms with Gasteiger partial charge in [0.15, 0.2) is 0 Å². The molecule has 4 heteroatoms. The van der Waals surface area contributed by atoms with Crippen LogP contribution in [-0.4, -0.2) is 25.0 Å². The van der Waals surface area contributed by atoms with Crippen LogP contribution < -0.4 is 15.8 Å². The molecule has 4 nitrogen and oxygen atoms in total. The van der Waals surface area contributed by atoms with Crippen molar-refractivity contribution in [3.8, 4) is 0 Å². The maximum atomic E-state index is 11.6. The fourth-order valence-electron chi connectivity index (χ4n) is 2.26. The van der Waals surface area contributed by atoms with Crippen molar-refractivity contribution in [2.24, 2.45) is 0 Å². The molecule has 0 radical (unpaired) electrons. The Morgan fingerprint density at radius 2 is 1.84 bits per heavy atom. The smallest absolute Gasteiger partial charge is 0.262 e. The van der Waals surface area contributed by atoms with Crippen molar-refractivity contribution < 1.29 is 4.79 Å². The van der Waals surface area contributed by atoms with Crippen LogP contribution >= 0.6 is 0 Å². The first kappa shape index (κ1) is 13.6. The van der Waals surface area contributed by atoms with Crippen LogP contribution in [0.2, 0.25) is 0 Å². The fourth-order valence-corrected chi connectivity index (χ4v) is 2.26. The van der Waals surface area contributed by atoms with Gasteiger partial charge in [0.25, 0.3) is 5.91 Å². The van der Waals surface area contributed by atoms with E-state index in [0.29, 0.717) is 0 Å². The molecule has 0 saturated carbocycles. The molecule has 0 aliphatic carbocycles. The number of carbonyl (C=O) groups excluding carboxylic acids is 1. The van der Waals surface area contributed by atoms with E-state index in [4.69, 9.17) is 0 Å². The third kappa shape index (κ3) is 2.96. The minimum absolute atomic E-state index is 0.0414. The average molecular weight is 259 g/mol. The second-order valence-electron chi connectivity index (χ2n) is 4.68. The number of hydrogen-bond acceptors (Lipinski definition) is 3. The first-order valence-electron chi connectivity index (χ1n) is 6.78. The molecule has 19 heavy (non-hydrogen) atoms. The van der Waals surface area contributed by atoms with Crippen molar-refractivity contribution in [2.45, 2.75) is 26.8 Å². The predicted molar refractivity (Wildman–Crippen MR) is 78.7 cm³/mol. The van der Waals surface area contributed by atoms with Crippen molar-refractivity contribution in [3.63, 3.8) is 0 Å². The van der Waals surface area contributed by atoms with E-state index in [0.717, 1.165) is 24.2 Å². The summed E-state index contributed by atoms with van der Waals surface area (Å²) in [5.74, 6) is -0.0414. The number of amides is 1. The molecule has 0 bridgehead atoms. The predicted octanol–water partition coefficient (Wildman–Crippen LogP) is 1.94. The molecule has 1 saturated heterocycles. The van der Waals surface area contributed by atoms with Crippen LogP contribution in [0.15, 0.2) is 29.8 Å². The molecule has 2 N–H and O–H groups in total. The van der Waals surface area contributed by atoms with Gasteiger partial charge in [-0.3, -0.25) is 10.2 Å². The molecular weight excluding hydrogens is 238 g/mol. The molecule has 0 spiro atoms. The zero-order valence-corrected chi connectivity index (χ0v) is 11.7. The summed E-state index contributed by atoms with van der Waals surface area (Å²) in [7, 11) is 0. The molecule has 1 fully saturated rings. The molecule has 1 atom stereocenters. The van der Waals surface area contributed by atoms with Crippen LogP contribution in [0, 0.1) is 0 Å². The average Bonchev–Trinajstić information content (AvgIpc) is 2.74. The summed E-state index contributed by atoms with van der Waals surface area (Å²) >= 11 is 0. The maximum Gasteiger partial charge on any atom is 0.262 e. The van der Waals surface area contributed by atoms with Crippen LogP contribution in [0.4, 0.5) is 5.69 Å². The zero-order valence-electron chi connectivity index (χ0n) is 11.7. The number of hydrazine groups is 1. The second kappa shape index (κ2) is 5.89. The second-order valence-corrected chi connectivity index (χ2v) is 4.68. The summed E-state index contributed by atoms with van der Waals surface area (Å²) in [6.45, 7) is 8.26. The van der Waals surface area contributed by atoms with E-state index in [2.05, 4.69) is 53.9 Å². The highest BCUT2D eigenvalue weighted by Crippen LogP contribution is 2.18. The van der Waals surface area contributed by atoms with Gasteiger partial charge in [-0.25, -0.2) is 5.43 Å². The summed E-state index contributed by atoms with van der Waals surface area (Å²) in [5.41, 5.74) is 8.58. The largest absolute Gasteiger partial charge is 0.372 e. The summed E-state index contributed by atoms with van der Waals surface area (Å²) in [6, 6.07) is 8.36. The van der Waals surface area contributed by atoms with Gasteiger partial charge in [0.2, 0.25) is 0 Å². The highest BCUT2D eigenvalue weighted by molar-refractivity contribution is 6.00. The monoisotopic (exact) mass is 259 g/mol. The summed E-state index contributed by atoms with van der Waals surface area (Å²) in [4.78, 5) is 13.9. The van der Waals surface area contributed by atoms with Crippen LogP contribution in [0.5, 0.6) is 0 Å². The molecule has 1 aromatic carbocycles. The molecule has 2 rings (SSSR count). The van der Waals surface area contributed by atoms with Crippen LogP contribution in [-0.2, 0) is 4.79 Å². The van der Waals surface area contributed by atoms with Gasteiger partial charge in [0.05, 0.1) is 6.04 Å². The number of rotatable bonds is 4. The van der Waals surface area contributed by atoms with Gasteiger partial charge in [0, 0.05) is 24.4 Å². The Morgan fingerprint density at radius 1 is 1.21 bits per heavy atom. The highest BCUT2D eigenvalue weighted by Gasteiger charge is 2.23. The molecule has 1 aliphatic rings. The molecule has 1 aliphatic heterocycles. The van der Waals surface area contributed by atoms with E-state index in [1.54, 1.807) is 0 Å². The molecule has 1 amide bonds. The van der Waals surface area contributed by atoms with Crippen LogP contribution in [0.1, 0.15) is 26.3 Å². The van der Waals surface area contributed by atoms with Gasteiger partial charge < -0.3 is 4.90 Å². The Hall–Kier alpha value is -1.81. The minimum Gasteiger partial charge on any atom is -0.372 e. The molecule has 1 heterocycles. The summed E-state index contributed by atoms with van der Waals surface area (Å²) in [5, 5.41) is 0. The van der Waals surface area contributed by atoms with Crippen LogP contribution in [0.3, 0.4) is 0 Å². The minimum atomic E-state index is -0.0414. The van der Waals surface area contributed by atoms with E-state index < -0.39 is 0 Å². The normalized spacial score (nSPS) is 20.7. The maximum absolute atomic E-state index is 11.6. The van der Waals surface area contributed by atoms with E-state index in [1.165, 1.54) is 5.69 Å². The Kier molecular flexibility index (Phi) is 4.22. The van der Waals surface area contributed by atoms with Crippen molar-refractivity contribution in [1.29, 1.82) is 0 Å². The number of nitrogens with zero attached hydrogens (tertiary/aromatic N) is 1. The third-order valence-corrected chi connectivity index (χ3v) is 3.47. The lowest BCUT2D eigenvalue weighted by atomic mass is 10.1. The summed E-state index contributed by atoms with van der Waals surface area (Å²) < 4.78 is 0. The number of anilines is 1. The van der Waals surface area contributed by atoms with E-state index in [1.807, 2.05) is 13.0 Å². The quantitative estimate of drug-likeness (QED) is 0.812. The molecule has 102 valence electrons.